The molecule has 0 aliphatic rings. The van der Waals surface area contributed by atoms with E-state index in [1.54, 1.807) is 43.8 Å². The van der Waals surface area contributed by atoms with Crippen LogP contribution in [0.1, 0.15) is 16.1 Å². The van der Waals surface area contributed by atoms with E-state index in [0.717, 1.165) is 11.3 Å². The van der Waals surface area contributed by atoms with Gasteiger partial charge in [-0.15, -0.1) is 10.2 Å². The summed E-state index contributed by atoms with van der Waals surface area (Å²) >= 11 is 6.09. The molecule has 0 saturated carbocycles. The highest BCUT2D eigenvalue weighted by molar-refractivity contribution is 6.32. The van der Waals surface area contributed by atoms with E-state index in [0.29, 0.717) is 23.1 Å². The number of nitrogens with one attached hydrogen (secondary N) is 2. The number of carbonyl (C=O) groups excluding carboxylic acids is 1. The van der Waals surface area contributed by atoms with Crippen molar-refractivity contribution >= 4 is 29.0 Å². The molecular weight excluding hydrogens is 354 g/mol. The number of halogens is 1. The lowest BCUT2D eigenvalue weighted by molar-refractivity contribution is 0.0945. The summed E-state index contributed by atoms with van der Waals surface area (Å²) in [5.41, 5.74) is 1.92. The first-order valence-corrected chi connectivity index (χ1v) is 8.15. The number of benzene rings is 1. The summed E-state index contributed by atoms with van der Waals surface area (Å²) in [5.74, 6) is 0.787. The Hall–Kier alpha value is -3.19. The average molecular weight is 370 g/mol. The fraction of sp³-hybridized carbons (Fsp3) is 0.111. The third-order valence-corrected chi connectivity index (χ3v) is 3.82. The number of methoxy groups -OCH3 is 1. The normalized spacial score (nSPS) is 10.2. The standard InChI is InChI=1S/C18H16ClN5O2/c1-26-16-4-2-13(10-14(16)19)22-17-5-3-15(23-24-17)18(25)21-11-12-6-8-20-9-7-12/h2-10H,11H2,1H3,(H,21,25)(H,22,24). The Labute approximate surface area is 155 Å². The van der Waals surface area contributed by atoms with E-state index in [-0.39, 0.29) is 11.6 Å². The summed E-state index contributed by atoms with van der Waals surface area (Å²) < 4.78 is 5.11. The fourth-order valence-electron chi connectivity index (χ4n) is 2.19. The summed E-state index contributed by atoms with van der Waals surface area (Å²) in [6.45, 7) is 0.396. The Morgan fingerprint density at radius 1 is 1.12 bits per heavy atom. The first-order chi connectivity index (χ1) is 12.7. The number of ether oxygens (including phenoxy) is 1. The van der Waals surface area contributed by atoms with Crippen LogP contribution >= 0.6 is 11.6 Å². The Morgan fingerprint density at radius 2 is 1.92 bits per heavy atom. The minimum Gasteiger partial charge on any atom is -0.495 e. The van der Waals surface area contributed by atoms with Crippen LogP contribution in [0.25, 0.3) is 0 Å². The molecule has 3 rings (SSSR count). The van der Waals surface area contributed by atoms with E-state index in [1.165, 1.54) is 0 Å². The molecule has 1 amide bonds. The molecule has 8 heteroatoms. The predicted molar refractivity (Wildman–Crippen MR) is 98.7 cm³/mol. The molecule has 132 valence electrons. The van der Waals surface area contributed by atoms with E-state index in [4.69, 9.17) is 16.3 Å². The quantitative estimate of drug-likeness (QED) is 0.693. The molecule has 2 aromatic heterocycles. The zero-order valence-corrected chi connectivity index (χ0v) is 14.7. The molecule has 0 saturated heterocycles. The minimum atomic E-state index is -0.298. The molecule has 0 spiro atoms. The molecule has 3 aromatic rings. The van der Waals surface area contributed by atoms with Crippen molar-refractivity contribution in [3.8, 4) is 5.75 Å². The number of rotatable bonds is 6. The maximum absolute atomic E-state index is 12.1. The van der Waals surface area contributed by atoms with Gasteiger partial charge in [0.25, 0.3) is 5.91 Å². The molecule has 0 bridgehead atoms. The largest absolute Gasteiger partial charge is 0.495 e. The molecule has 1 aromatic carbocycles. The highest BCUT2D eigenvalue weighted by Crippen LogP contribution is 2.28. The predicted octanol–water partition coefficient (Wildman–Crippen LogP) is 3.21. The summed E-state index contributed by atoms with van der Waals surface area (Å²) in [5, 5.41) is 14.3. The molecule has 0 atom stereocenters. The highest BCUT2D eigenvalue weighted by atomic mass is 35.5. The molecule has 26 heavy (non-hydrogen) atoms. The summed E-state index contributed by atoms with van der Waals surface area (Å²) in [7, 11) is 1.55. The van der Waals surface area contributed by atoms with Gasteiger partial charge in [-0.25, -0.2) is 0 Å². The molecule has 2 N–H and O–H groups in total. The lowest BCUT2D eigenvalue weighted by atomic mass is 10.2. The SMILES string of the molecule is COc1ccc(Nc2ccc(C(=O)NCc3ccncc3)nn2)cc1Cl. The van der Waals surface area contributed by atoms with Crippen LogP contribution in [-0.4, -0.2) is 28.2 Å². The van der Waals surface area contributed by atoms with Gasteiger partial charge >= 0.3 is 0 Å². The molecule has 0 unspecified atom stereocenters. The van der Waals surface area contributed by atoms with Crippen LogP contribution in [-0.2, 0) is 6.54 Å². The minimum absolute atomic E-state index is 0.234. The maximum Gasteiger partial charge on any atom is 0.272 e. The van der Waals surface area contributed by atoms with E-state index in [9.17, 15) is 4.79 Å². The number of aromatic nitrogens is 3. The van der Waals surface area contributed by atoms with Crippen LogP contribution in [0.4, 0.5) is 11.5 Å². The Balaban J connectivity index is 1.61. The maximum atomic E-state index is 12.1. The Morgan fingerprint density at radius 3 is 2.58 bits per heavy atom. The van der Waals surface area contributed by atoms with Gasteiger partial charge in [-0.2, -0.15) is 0 Å². The van der Waals surface area contributed by atoms with Gasteiger partial charge in [0, 0.05) is 24.6 Å². The van der Waals surface area contributed by atoms with Crippen LogP contribution < -0.4 is 15.4 Å². The van der Waals surface area contributed by atoms with Gasteiger partial charge in [-0.3, -0.25) is 9.78 Å². The van der Waals surface area contributed by atoms with Crippen LogP contribution in [0.2, 0.25) is 5.02 Å². The molecule has 0 aliphatic heterocycles. The monoisotopic (exact) mass is 369 g/mol. The number of hydrogen-bond donors (Lipinski definition) is 2. The smallest absolute Gasteiger partial charge is 0.272 e. The van der Waals surface area contributed by atoms with Crippen molar-refractivity contribution in [3.63, 3.8) is 0 Å². The fourth-order valence-corrected chi connectivity index (χ4v) is 2.44. The van der Waals surface area contributed by atoms with Gasteiger partial charge in [0.1, 0.15) is 5.75 Å². The summed E-state index contributed by atoms with van der Waals surface area (Å²) in [6.07, 6.45) is 3.35. The molecule has 0 radical (unpaired) electrons. The van der Waals surface area contributed by atoms with Crippen molar-refractivity contribution in [1.29, 1.82) is 0 Å². The summed E-state index contributed by atoms with van der Waals surface area (Å²) in [4.78, 5) is 16.1. The van der Waals surface area contributed by atoms with Crippen LogP contribution in [0, 0.1) is 0 Å². The summed E-state index contributed by atoms with van der Waals surface area (Å²) in [6, 6.07) is 12.2. The third-order valence-electron chi connectivity index (χ3n) is 3.52. The van der Waals surface area contributed by atoms with Gasteiger partial charge in [-0.05, 0) is 48.0 Å². The number of pyridine rings is 1. The van der Waals surface area contributed by atoms with Crippen LogP contribution in [0.15, 0.2) is 54.9 Å². The molecular formula is C18H16ClN5O2. The van der Waals surface area contributed by atoms with Crippen molar-refractivity contribution in [3.05, 3.63) is 71.1 Å². The van der Waals surface area contributed by atoms with Gasteiger partial charge < -0.3 is 15.4 Å². The van der Waals surface area contributed by atoms with Gasteiger partial charge in [0.05, 0.1) is 12.1 Å². The van der Waals surface area contributed by atoms with Gasteiger partial charge in [-0.1, -0.05) is 11.6 Å². The molecule has 2 heterocycles. The number of hydrogen-bond acceptors (Lipinski definition) is 6. The zero-order valence-electron chi connectivity index (χ0n) is 13.9. The molecule has 0 aliphatic carbocycles. The van der Waals surface area contributed by atoms with Crippen molar-refractivity contribution in [2.75, 3.05) is 12.4 Å². The number of carbonyl (C=O) groups is 1. The van der Waals surface area contributed by atoms with Crippen molar-refractivity contribution in [2.45, 2.75) is 6.54 Å². The van der Waals surface area contributed by atoms with E-state index in [2.05, 4.69) is 25.8 Å². The number of nitrogens with zero attached hydrogens (tertiary/aromatic N) is 3. The Kier molecular flexibility index (Phi) is 5.60. The average Bonchev–Trinajstić information content (AvgIpc) is 2.68. The lowest BCUT2D eigenvalue weighted by Crippen LogP contribution is -2.24. The highest BCUT2D eigenvalue weighted by Gasteiger charge is 2.09. The van der Waals surface area contributed by atoms with Crippen LogP contribution in [0.5, 0.6) is 5.75 Å². The molecule has 7 nitrogen and oxygen atoms in total. The number of amides is 1. The second-order valence-corrected chi connectivity index (χ2v) is 5.72. The molecule has 0 fully saturated rings. The zero-order chi connectivity index (χ0) is 18.4. The second kappa shape index (κ2) is 8.26. The Bertz CT molecular complexity index is 888. The first kappa shape index (κ1) is 17.6. The van der Waals surface area contributed by atoms with Crippen molar-refractivity contribution in [1.82, 2.24) is 20.5 Å². The third kappa shape index (κ3) is 4.46. The first-order valence-electron chi connectivity index (χ1n) is 7.77. The number of anilines is 2. The van der Waals surface area contributed by atoms with Gasteiger partial charge in [0.2, 0.25) is 0 Å². The lowest BCUT2D eigenvalue weighted by Gasteiger charge is -2.08. The van der Waals surface area contributed by atoms with Crippen LogP contribution in [0.3, 0.4) is 0 Å². The second-order valence-electron chi connectivity index (χ2n) is 5.32. The topological polar surface area (TPSA) is 89.0 Å². The van der Waals surface area contributed by atoms with E-state index < -0.39 is 0 Å². The van der Waals surface area contributed by atoms with E-state index >= 15 is 0 Å². The van der Waals surface area contributed by atoms with Crippen molar-refractivity contribution < 1.29 is 9.53 Å². The van der Waals surface area contributed by atoms with Crippen molar-refractivity contribution in [2.24, 2.45) is 0 Å². The van der Waals surface area contributed by atoms with E-state index in [1.807, 2.05) is 18.2 Å². The van der Waals surface area contributed by atoms with Gasteiger partial charge in [0.15, 0.2) is 11.5 Å².